The molecule has 2 aliphatic carbocycles. The summed E-state index contributed by atoms with van der Waals surface area (Å²) >= 11 is 0. The van der Waals surface area contributed by atoms with Gasteiger partial charge in [0.15, 0.2) is 0 Å². The Labute approximate surface area is 196 Å². The molecule has 3 aromatic rings. The highest BCUT2D eigenvalue weighted by Crippen LogP contribution is 2.55. The summed E-state index contributed by atoms with van der Waals surface area (Å²) in [4.78, 5) is 5.06. The zero-order valence-corrected chi connectivity index (χ0v) is 19.5. The number of nitrogens with two attached hydrogens (primary N) is 1. The van der Waals surface area contributed by atoms with Gasteiger partial charge < -0.3 is 5.73 Å². The van der Waals surface area contributed by atoms with E-state index >= 15 is 0 Å². The quantitative estimate of drug-likeness (QED) is 0.353. The van der Waals surface area contributed by atoms with Gasteiger partial charge >= 0.3 is 0 Å². The van der Waals surface area contributed by atoms with Crippen molar-refractivity contribution in [3.05, 3.63) is 82.4 Å². The van der Waals surface area contributed by atoms with Gasteiger partial charge in [-0.3, -0.25) is 10.4 Å². The van der Waals surface area contributed by atoms with E-state index in [1.54, 1.807) is 0 Å². The monoisotopic (exact) mass is 435 g/mol. The predicted octanol–water partition coefficient (Wildman–Crippen LogP) is 6.57. The summed E-state index contributed by atoms with van der Waals surface area (Å²) in [6.07, 6.45) is 7.61. The average molecular weight is 436 g/mol. The van der Waals surface area contributed by atoms with Gasteiger partial charge in [-0.2, -0.15) is 0 Å². The standard InChI is InChI=1S/C30H33N3/c1-18-2-4-20(5-3-18)29-28-16-24(9-6-19(28)12-13-33-29)27-17-26(27)23-10-7-22-15-25(30(31)32)11-8-21(22)14-23/h6-11,14-16,18,20,26-27H,2-5,12-13,17H2,1H3,(H3,31,32)/t18?,20?,26?,27-/m0/s1. The molecule has 1 heterocycles. The number of nitrogens with one attached hydrogen (secondary N) is 1. The van der Waals surface area contributed by atoms with Gasteiger partial charge in [0.1, 0.15) is 5.84 Å². The van der Waals surface area contributed by atoms with Crippen LogP contribution in [0.5, 0.6) is 0 Å². The van der Waals surface area contributed by atoms with E-state index in [0.717, 1.165) is 29.8 Å². The van der Waals surface area contributed by atoms with E-state index in [2.05, 4.69) is 49.4 Å². The molecule has 0 bridgehead atoms. The lowest BCUT2D eigenvalue weighted by Gasteiger charge is -2.30. The Morgan fingerprint density at radius 2 is 1.58 bits per heavy atom. The van der Waals surface area contributed by atoms with Crippen LogP contribution in [0.2, 0.25) is 0 Å². The third kappa shape index (κ3) is 3.88. The largest absolute Gasteiger partial charge is 0.384 e. The number of amidine groups is 1. The first-order valence-corrected chi connectivity index (χ1v) is 12.6. The van der Waals surface area contributed by atoms with E-state index in [9.17, 15) is 0 Å². The minimum absolute atomic E-state index is 0.126. The van der Waals surface area contributed by atoms with Gasteiger partial charge in [-0.25, -0.2) is 0 Å². The highest BCUT2D eigenvalue weighted by Gasteiger charge is 2.40. The minimum atomic E-state index is 0.126. The normalized spacial score (nSPS) is 26.5. The van der Waals surface area contributed by atoms with E-state index in [4.69, 9.17) is 16.1 Å². The predicted molar refractivity (Wildman–Crippen MR) is 138 cm³/mol. The van der Waals surface area contributed by atoms with Gasteiger partial charge in [0.2, 0.25) is 0 Å². The van der Waals surface area contributed by atoms with Crippen molar-refractivity contribution in [2.75, 3.05) is 6.54 Å². The van der Waals surface area contributed by atoms with Gasteiger partial charge in [0.05, 0.1) is 0 Å². The molecule has 3 aliphatic rings. The Hall–Kier alpha value is -2.94. The molecule has 33 heavy (non-hydrogen) atoms. The number of hydrogen-bond acceptors (Lipinski definition) is 2. The third-order valence-electron chi connectivity index (χ3n) is 8.30. The van der Waals surface area contributed by atoms with Crippen LogP contribution in [0.4, 0.5) is 0 Å². The summed E-state index contributed by atoms with van der Waals surface area (Å²) in [6, 6.07) is 20.1. The van der Waals surface area contributed by atoms with Crippen molar-refractivity contribution in [1.82, 2.24) is 0 Å². The molecule has 0 aromatic heterocycles. The molecule has 3 nitrogen and oxygen atoms in total. The van der Waals surface area contributed by atoms with Crippen LogP contribution in [-0.4, -0.2) is 18.1 Å². The molecule has 0 amide bonds. The molecule has 1 unspecified atom stereocenters. The molecule has 6 rings (SSSR count). The van der Waals surface area contributed by atoms with Crippen molar-refractivity contribution < 1.29 is 0 Å². The first-order chi connectivity index (χ1) is 16.1. The number of fused-ring (bicyclic) bond motifs is 2. The average Bonchev–Trinajstić information content (AvgIpc) is 3.64. The molecular formula is C30H33N3. The van der Waals surface area contributed by atoms with Gasteiger partial charge in [-0.15, -0.1) is 0 Å². The molecule has 0 spiro atoms. The van der Waals surface area contributed by atoms with Crippen molar-refractivity contribution in [2.24, 2.45) is 22.6 Å². The smallest absolute Gasteiger partial charge is 0.122 e. The molecule has 3 heteroatoms. The highest BCUT2D eigenvalue weighted by molar-refractivity contribution is 6.04. The van der Waals surface area contributed by atoms with Gasteiger partial charge in [-0.1, -0.05) is 62.2 Å². The number of aliphatic imine (C=N–C) groups is 1. The van der Waals surface area contributed by atoms with Crippen molar-refractivity contribution in [2.45, 2.75) is 57.3 Å². The third-order valence-corrected chi connectivity index (χ3v) is 8.30. The first-order valence-electron chi connectivity index (χ1n) is 12.6. The Morgan fingerprint density at radius 1 is 0.879 bits per heavy atom. The minimum Gasteiger partial charge on any atom is -0.384 e. The van der Waals surface area contributed by atoms with Crippen LogP contribution in [0, 0.1) is 17.2 Å². The first kappa shape index (κ1) is 20.7. The second-order valence-corrected chi connectivity index (χ2v) is 10.6. The van der Waals surface area contributed by atoms with Crippen molar-refractivity contribution in [1.29, 1.82) is 5.41 Å². The van der Waals surface area contributed by atoms with Crippen LogP contribution >= 0.6 is 0 Å². The lowest BCUT2D eigenvalue weighted by molar-refractivity contribution is 0.343. The Kier molecular flexibility index (Phi) is 5.09. The summed E-state index contributed by atoms with van der Waals surface area (Å²) in [5.41, 5.74) is 13.7. The van der Waals surface area contributed by atoms with Gasteiger partial charge in [0.25, 0.3) is 0 Å². The summed E-state index contributed by atoms with van der Waals surface area (Å²) in [7, 11) is 0. The molecule has 2 atom stereocenters. The number of benzene rings is 3. The zero-order valence-electron chi connectivity index (χ0n) is 19.5. The number of nitrogen functional groups attached to an aromatic ring is 1. The van der Waals surface area contributed by atoms with Crippen LogP contribution in [0.1, 0.15) is 78.7 Å². The maximum absolute atomic E-state index is 7.68. The van der Waals surface area contributed by atoms with Gasteiger partial charge in [-0.05, 0) is 88.6 Å². The van der Waals surface area contributed by atoms with Crippen LogP contribution < -0.4 is 5.73 Å². The van der Waals surface area contributed by atoms with Crippen LogP contribution in [0.3, 0.4) is 0 Å². The Balaban J connectivity index is 1.25. The second kappa shape index (κ2) is 8.13. The fourth-order valence-electron chi connectivity index (χ4n) is 6.14. The fourth-order valence-corrected chi connectivity index (χ4v) is 6.14. The van der Waals surface area contributed by atoms with Crippen molar-refractivity contribution in [3.8, 4) is 0 Å². The SMILES string of the molecule is CC1CCC(C2=NCCc3ccc([C@@H]4CC4c4ccc5cc(C(=N)N)ccc5c4)cc32)CC1. The molecule has 0 saturated heterocycles. The van der Waals surface area contributed by atoms with Crippen LogP contribution in [0.25, 0.3) is 10.8 Å². The molecule has 3 N–H and O–H groups in total. The molecule has 168 valence electrons. The van der Waals surface area contributed by atoms with Crippen molar-refractivity contribution >= 4 is 22.3 Å². The van der Waals surface area contributed by atoms with E-state index in [0.29, 0.717) is 17.8 Å². The molecule has 0 radical (unpaired) electrons. The van der Waals surface area contributed by atoms with Crippen LogP contribution in [0.15, 0.2) is 59.6 Å². The molecule has 3 aromatic carbocycles. The van der Waals surface area contributed by atoms with E-state index in [-0.39, 0.29) is 5.84 Å². The maximum atomic E-state index is 7.68. The summed E-state index contributed by atoms with van der Waals surface area (Å²) in [5, 5.41) is 10.1. The summed E-state index contributed by atoms with van der Waals surface area (Å²) in [5.74, 6) is 2.87. The molecule has 2 fully saturated rings. The van der Waals surface area contributed by atoms with Crippen LogP contribution in [-0.2, 0) is 6.42 Å². The van der Waals surface area contributed by atoms with E-state index < -0.39 is 0 Å². The zero-order chi connectivity index (χ0) is 22.5. The summed E-state index contributed by atoms with van der Waals surface area (Å²) < 4.78 is 0. The number of nitrogens with zero attached hydrogens (tertiary/aromatic N) is 1. The van der Waals surface area contributed by atoms with Gasteiger partial charge in [0, 0.05) is 23.7 Å². The second-order valence-electron chi connectivity index (χ2n) is 10.6. The van der Waals surface area contributed by atoms with E-state index in [1.165, 1.54) is 65.5 Å². The lowest BCUT2D eigenvalue weighted by Crippen LogP contribution is -2.25. The van der Waals surface area contributed by atoms with E-state index in [1.807, 2.05) is 12.1 Å². The highest BCUT2D eigenvalue weighted by atomic mass is 14.8. The molecule has 2 saturated carbocycles. The fraction of sp³-hybridized carbons (Fsp3) is 0.400. The maximum Gasteiger partial charge on any atom is 0.122 e. The number of hydrogen-bond donors (Lipinski definition) is 2. The van der Waals surface area contributed by atoms with Crippen molar-refractivity contribution in [3.63, 3.8) is 0 Å². The topological polar surface area (TPSA) is 62.2 Å². The molecule has 1 aliphatic heterocycles. The Morgan fingerprint density at radius 3 is 2.36 bits per heavy atom. The summed E-state index contributed by atoms with van der Waals surface area (Å²) in [6.45, 7) is 3.36. The Bertz CT molecular complexity index is 1260. The number of rotatable bonds is 4. The lowest BCUT2D eigenvalue weighted by atomic mass is 9.77. The molecular weight excluding hydrogens is 402 g/mol.